The van der Waals surface area contributed by atoms with Crippen LogP contribution in [-0.4, -0.2) is 17.2 Å². The molecule has 0 N–H and O–H groups in total. The van der Waals surface area contributed by atoms with Gasteiger partial charge in [-0.15, -0.1) is 0 Å². The molecule has 98 valence electrons. The zero-order valence-electron chi connectivity index (χ0n) is 11.2. The van der Waals surface area contributed by atoms with E-state index < -0.39 is 0 Å². The third kappa shape index (κ3) is 4.04. The maximum atomic E-state index is 11.1. The molecule has 0 aliphatic rings. The summed E-state index contributed by atoms with van der Waals surface area (Å²) in [7, 11) is 0. The fourth-order valence-electron chi connectivity index (χ4n) is 2.07. The lowest BCUT2D eigenvalue weighted by Crippen LogP contribution is -2.33. The molecule has 0 amide bonds. The lowest BCUT2D eigenvalue weighted by atomic mass is 10.1. The molecule has 0 heterocycles. The van der Waals surface area contributed by atoms with Crippen LogP contribution in [0.2, 0.25) is 0 Å². The summed E-state index contributed by atoms with van der Waals surface area (Å²) in [6.07, 6.45) is 1.01. The Morgan fingerprint density at radius 3 is 1.68 bits per heavy atom. The van der Waals surface area contributed by atoms with E-state index in [1.807, 2.05) is 43.3 Å². The summed E-state index contributed by atoms with van der Waals surface area (Å²) < 4.78 is 0. The second-order valence-electron chi connectivity index (χ2n) is 4.75. The highest BCUT2D eigenvalue weighted by Crippen LogP contribution is 2.12. The predicted octanol–water partition coefficient (Wildman–Crippen LogP) is 3.28. The van der Waals surface area contributed by atoms with Gasteiger partial charge in [-0.05, 0) is 18.1 Å². The second-order valence-corrected chi connectivity index (χ2v) is 4.75. The lowest BCUT2D eigenvalue weighted by molar-refractivity contribution is -0.112. The Morgan fingerprint density at radius 1 is 0.895 bits per heavy atom. The Morgan fingerprint density at radius 2 is 1.32 bits per heavy atom. The monoisotopic (exact) mass is 253 g/mol. The van der Waals surface area contributed by atoms with Gasteiger partial charge in [0.15, 0.2) is 0 Å². The minimum absolute atomic E-state index is 0.0830. The van der Waals surface area contributed by atoms with E-state index in [-0.39, 0.29) is 6.04 Å². The number of aldehydes is 1. The molecule has 0 bridgehead atoms. The van der Waals surface area contributed by atoms with Crippen molar-refractivity contribution in [2.75, 3.05) is 0 Å². The Balaban J connectivity index is 2.10. The summed E-state index contributed by atoms with van der Waals surface area (Å²) in [4.78, 5) is 13.3. The van der Waals surface area contributed by atoms with E-state index in [1.165, 1.54) is 11.1 Å². The van der Waals surface area contributed by atoms with Crippen molar-refractivity contribution in [3.63, 3.8) is 0 Å². The number of carbonyl (C=O) groups is 1. The smallest absolute Gasteiger partial charge is 0.136 e. The SMILES string of the molecule is C[C@H](C=O)N(Cc1ccccc1)Cc1ccccc1. The van der Waals surface area contributed by atoms with Crippen molar-refractivity contribution in [1.82, 2.24) is 4.90 Å². The summed E-state index contributed by atoms with van der Waals surface area (Å²) in [5, 5.41) is 0. The molecule has 0 spiro atoms. The van der Waals surface area contributed by atoms with E-state index in [4.69, 9.17) is 0 Å². The van der Waals surface area contributed by atoms with Crippen LogP contribution in [-0.2, 0) is 17.9 Å². The van der Waals surface area contributed by atoms with Gasteiger partial charge in [0.05, 0.1) is 6.04 Å². The molecular weight excluding hydrogens is 234 g/mol. The Kier molecular flexibility index (Phi) is 4.87. The summed E-state index contributed by atoms with van der Waals surface area (Å²) in [6.45, 7) is 3.52. The van der Waals surface area contributed by atoms with Crippen molar-refractivity contribution in [2.45, 2.75) is 26.1 Å². The van der Waals surface area contributed by atoms with Crippen molar-refractivity contribution in [3.8, 4) is 0 Å². The third-order valence-corrected chi connectivity index (χ3v) is 3.23. The van der Waals surface area contributed by atoms with Crippen LogP contribution in [0.1, 0.15) is 18.1 Å². The fraction of sp³-hybridized carbons (Fsp3) is 0.235. The highest BCUT2D eigenvalue weighted by atomic mass is 16.1. The lowest BCUT2D eigenvalue weighted by Gasteiger charge is -2.25. The first-order valence-electron chi connectivity index (χ1n) is 6.57. The third-order valence-electron chi connectivity index (χ3n) is 3.23. The van der Waals surface area contributed by atoms with Gasteiger partial charge in [-0.25, -0.2) is 0 Å². The molecule has 0 saturated heterocycles. The average molecular weight is 253 g/mol. The standard InChI is InChI=1S/C17H19NO/c1-15(14-19)18(12-16-8-4-2-5-9-16)13-17-10-6-3-7-11-17/h2-11,14-15H,12-13H2,1H3/t15-/m1/s1. The fourth-order valence-corrected chi connectivity index (χ4v) is 2.07. The number of carbonyl (C=O) groups excluding carboxylic acids is 1. The normalized spacial score (nSPS) is 12.3. The zero-order valence-corrected chi connectivity index (χ0v) is 11.2. The maximum Gasteiger partial charge on any atom is 0.136 e. The van der Waals surface area contributed by atoms with Crippen LogP contribution in [0.15, 0.2) is 60.7 Å². The number of nitrogens with zero attached hydrogens (tertiary/aromatic N) is 1. The molecule has 19 heavy (non-hydrogen) atoms. The van der Waals surface area contributed by atoms with E-state index >= 15 is 0 Å². The van der Waals surface area contributed by atoms with Crippen LogP contribution >= 0.6 is 0 Å². The molecule has 2 aromatic rings. The predicted molar refractivity (Wildman–Crippen MR) is 77.7 cm³/mol. The van der Waals surface area contributed by atoms with Crippen LogP contribution in [0.25, 0.3) is 0 Å². The molecule has 2 nitrogen and oxygen atoms in total. The molecule has 0 fully saturated rings. The van der Waals surface area contributed by atoms with E-state index in [0.29, 0.717) is 0 Å². The van der Waals surface area contributed by atoms with Gasteiger partial charge < -0.3 is 4.79 Å². The summed E-state index contributed by atoms with van der Waals surface area (Å²) >= 11 is 0. The van der Waals surface area contributed by atoms with Gasteiger partial charge in [0.2, 0.25) is 0 Å². The maximum absolute atomic E-state index is 11.1. The van der Waals surface area contributed by atoms with Crippen LogP contribution in [0.5, 0.6) is 0 Å². The minimum atomic E-state index is -0.0830. The summed E-state index contributed by atoms with van der Waals surface area (Å²) in [5.41, 5.74) is 2.46. The van der Waals surface area contributed by atoms with Gasteiger partial charge in [-0.1, -0.05) is 60.7 Å². The summed E-state index contributed by atoms with van der Waals surface area (Å²) in [5.74, 6) is 0. The molecule has 2 rings (SSSR count). The molecule has 0 aliphatic heterocycles. The van der Waals surface area contributed by atoms with E-state index in [0.717, 1.165) is 19.4 Å². The van der Waals surface area contributed by atoms with Crippen molar-refractivity contribution < 1.29 is 4.79 Å². The quantitative estimate of drug-likeness (QED) is 0.736. The van der Waals surface area contributed by atoms with Gasteiger partial charge in [0.1, 0.15) is 6.29 Å². The van der Waals surface area contributed by atoms with Crippen LogP contribution in [0.3, 0.4) is 0 Å². The molecule has 0 unspecified atom stereocenters. The van der Waals surface area contributed by atoms with Crippen molar-refractivity contribution in [2.24, 2.45) is 0 Å². The molecular formula is C17H19NO. The van der Waals surface area contributed by atoms with Gasteiger partial charge in [0.25, 0.3) is 0 Å². The van der Waals surface area contributed by atoms with Gasteiger partial charge >= 0.3 is 0 Å². The molecule has 2 aromatic carbocycles. The second kappa shape index (κ2) is 6.86. The van der Waals surface area contributed by atoms with Gasteiger partial charge in [-0.2, -0.15) is 0 Å². The molecule has 0 radical (unpaired) electrons. The van der Waals surface area contributed by atoms with Crippen LogP contribution in [0.4, 0.5) is 0 Å². The first-order valence-corrected chi connectivity index (χ1v) is 6.57. The largest absolute Gasteiger partial charge is 0.302 e. The van der Waals surface area contributed by atoms with Crippen molar-refractivity contribution in [1.29, 1.82) is 0 Å². The van der Waals surface area contributed by atoms with Crippen molar-refractivity contribution >= 4 is 6.29 Å². The number of benzene rings is 2. The highest BCUT2D eigenvalue weighted by molar-refractivity contribution is 5.56. The molecule has 2 heteroatoms. The number of hydrogen-bond donors (Lipinski definition) is 0. The van der Waals surface area contributed by atoms with E-state index in [9.17, 15) is 4.79 Å². The first kappa shape index (κ1) is 13.5. The Hall–Kier alpha value is -1.93. The van der Waals surface area contributed by atoms with Gasteiger partial charge in [0, 0.05) is 13.1 Å². The summed E-state index contributed by atoms with van der Waals surface area (Å²) in [6, 6.07) is 20.4. The Labute approximate surface area is 114 Å². The molecule has 0 aliphatic carbocycles. The topological polar surface area (TPSA) is 20.3 Å². The average Bonchev–Trinajstić information content (AvgIpc) is 2.48. The number of rotatable bonds is 6. The minimum Gasteiger partial charge on any atom is -0.302 e. The highest BCUT2D eigenvalue weighted by Gasteiger charge is 2.13. The van der Waals surface area contributed by atoms with Crippen LogP contribution in [0, 0.1) is 0 Å². The Bertz CT molecular complexity index is 454. The van der Waals surface area contributed by atoms with E-state index in [1.54, 1.807) is 0 Å². The molecule has 1 atom stereocenters. The van der Waals surface area contributed by atoms with Crippen LogP contribution < -0.4 is 0 Å². The zero-order chi connectivity index (χ0) is 13.5. The number of hydrogen-bond acceptors (Lipinski definition) is 2. The first-order chi connectivity index (χ1) is 9.29. The van der Waals surface area contributed by atoms with Crippen molar-refractivity contribution in [3.05, 3.63) is 71.8 Å². The molecule has 0 saturated carbocycles. The van der Waals surface area contributed by atoms with Gasteiger partial charge in [-0.3, -0.25) is 4.90 Å². The molecule has 0 aromatic heterocycles. The van der Waals surface area contributed by atoms with E-state index in [2.05, 4.69) is 29.2 Å².